The Bertz CT molecular complexity index is 323. The third-order valence-corrected chi connectivity index (χ3v) is 2.29. The molecule has 1 rings (SSSR count). The molecule has 0 aliphatic heterocycles. The van der Waals surface area contributed by atoms with E-state index in [-0.39, 0.29) is 10.8 Å². The molecule has 0 atom stereocenters. The number of nitrogen functional groups attached to an aromatic ring is 1. The first kappa shape index (κ1) is 11.1. The van der Waals surface area contributed by atoms with Crippen LogP contribution in [0.1, 0.15) is 52.8 Å². The lowest BCUT2D eigenvalue weighted by atomic mass is 9.79. The van der Waals surface area contributed by atoms with Crippen molar-refractivity contribution in [2.24, 2.45) is 0 Å². The minimum atomic E-state index is 0.0414. The van der Waals surface area contributed by atoms with Gasteiger partial charge in [-0.25, -0.2) is 0 Å². The molecule has 0 amide bonds. The van der Waals surface area contributed by atoms with Crippen LogP contribution >= 0.6 is 0 Å². The molecular formula is C11H21N3. The van der Waals surface area contributed by atoms with E-state index in [1.165, 1.54) is 0 Å². The lowest BCUT2D eigenvalue weighted by Crippen LogP contribution is -2.22. The predicted molar refractivity (Wildman–Crippen MR) is 60.4 cm³/mol. The Labute approximate surface area is 86.1 Å². The number of hydrogen-bond donors (Lipinski definition) is 2. The summed E-state index contributed by atoms with van der Waals surface area (Å²) in [6, 6.07) is 0. The number of aromatic nitrogens is 2. The van der Waals surface area contributed by atoms with Gasteiger partial charge >= 0.3 is 0 Å². The van der Waals surface area contributed by atoms with Gasteiger partial charge in [-0.3, -0.25) is 5.10 Å². The van der Waals surface area contributed by atoms with Crippen molar-refractivity contribution < 1.29 is 0 Å². The van der Waals surface area contributed by atoms with E-state index < -0.39 is 0 Å². The monoisotopic (exact) mass is 195 g/mol. The van der Waals surface area contributed by atoms with Gasteiger partial charge in [0.2, 0.25) is 0 Å². The summed E-state index contributed by atoms with van der Waals surface area (Å²) in [6.07, 6.45) is 0. The van der Waals surface area contributed by atoms with Gasteiger partial charge < -0.3 is 5.73 Å². The first-order valence-corrected chi connectivity index (χ1v) is 4.99. The van der Waals surface area contributed by atoms with Gasteiger partial charge in [-0.1, -0.05) is 41.5 Å². The van der Waals surface area contributed by atoms with Crippen LogP contribution in [0.25, 0.3) is 0 Å². The molecule has 0 fully saturated rings. The van der Waals surface area contributed by atoms with E-state index in [1.54, 1.807) is 0 Å². The van der Waals surface area contributed by atoms with Crippen LogP contribution in [-0.2, 0) is 10.8 Å². The lowest BCUT2D eigenvalue weighted by Gasteiger charge is -2.25. The van der Waals surface area contributed by atoms with Gasteiger partial charge in [0.15, 0.2) is 0 Å². The molecule has 0 aromatic carbocycles. The number of rotatable bonds is 0. The summed E-state index contributed by atoms with van der Waals surface area (Å²) in [5.74, 6) is 0.627. The van der Waals surface area contributed by atoms with E-state index in [0.717, 1.165) is 11.3 Å². The maximum atomic E-state index is 5.88. The molecule has 80 valence electrons. The molecule has 3 N–H and O–H groups in total. The third-order valence-electron chi connectivity index (χ3n) is 2.29. The summed E-state index contributed by atoms with van der Waals surface area (Å²) in [5, 5.41) is 7.15. The van der Waals surface area contributed by atoms with Crippen molar-refractivity contribution in [3.63, 3.8) is 0 Å². The average molecular weight is 195 g/mol. The standard InChI is InChI=1S/C11H21N3/c1-10(2,3)7-8(11(4,5)6)13-14-9(7)12/h1-6H3,(H3,12,13,14). The van der Waals surface area contributed by atoms with Crippen molar-refractivity contribution in [2.45, 2.75) is 52.4 Å². The fraction of sp³-hybridized carbons (Fsp3) is 0.727. The van der Waals surface area contributed by atoms with E-state index in [0.29, 0.717) is 5.82 Å². The summed E-state index contributed by atoms with van der Waals surface area (Å²) in [6.45, 7) is 13.0. The van der Waals surface area contributed by atoms with Crippen molar-refractivity contribution in [1.29, 1.82) is 0 Å². The molecule has 0 unspecified atom stereocenters. The zero-order chi connectivity index (χ0) is 11.1. The Morgan fingerprint density at radius 2 is 1.50 bits per heavy atom. The highest BCUT2D eigenvalue weighted by atomic mass is 15.2. The third kappa shape index (κ3) is 1.91. The van der Waals surface area contributed by atoms with E-state index >= 15 is 0 Å². The zero-order valence-electron chi connectivity index (χ0n) is 10.0. The molecule has 1 aromatic heterocycles. The van der Waals surface area contributed by atoms with E-state index in [9.17, 15) is 0 Å². The quantitative estimate of drug-likeness (QED) is 0.668. The number of nitrogens with two attached hydrogens (primary N) is 1. The van der Waals surface area contributed by atoms with Crippen molar-refractivity contribution in [3.8, 4) is 0 Å². The van der Waals surface area contributed by atoms with Crippen LogP contribution < -0.4 is 5.73 Å². The second-order valence-electron chi connectivity index (χ2n) is 5.86. The van der Waals surface area contributed by atoms with Crippen LogP contribution in [-0.4, -0.2) is 10.2 Å². The van der Waals surface area contributed by atoms with Crippen LogP contribution in [0, 0.1) is 0 Å². The van der Waals surface area contributed by atoms with Gasteiger partial charge in [-0.15, -0.1) is 0 Å². The number of nitrogens with one attached hydrogen (secondary N) is 1. The lowest BCUT2D eigenvalue weighted by molar-refractivity contribution is 0.521. The highest BCUT2D eigenvalue weighted by Crippen LogP contribution is 2.35. The minimum Gasteiger partial charge on any atom is -0.382 e. The number of anilines is 1. The molecule has 0 saturated heterocycles. The molecule has 0 aliphatic rings. The van der Waals surface area contributed by atoms with Crippen LogP contribution in [0.5, 0.6) is 0 Å². The van der Waals surface area contributed by atoms with Crippen molar-refractivity contribution in [3.05, 3.63) is 11.3 Å². The number of nitrogens with zero attached hydrogens (tertiary/aromatic N) is 1. The Morgan fingerprint density at radius 1 is 1.00 bits per heavy atom. The maximum Gasteiger partial charge on any atom is 0.149 e. The predicted octanol–water partition coefficient (Wildman–Crippen LogP) is 2.59. The average Bonchev–Trinajstić information content (AvgIpc) is 2.27. The first-order valence-electron chi connectivity index (χ1n) is 4.99. The van der Waals surface area contributed by atoms with Crippen LogP contribution in [0.3, 0.4) is 0 Å². The summed E-state index contributed by atoms with van der Waals surface area (Å²) in [5.41, 5.74) is 8.27. The largest absolute Gasteiger partial charge is 0.382 e. The van der Waals surface area contributed by atoms with Crippen LogP contribution in [0.15, 0.2) is 0 Å². The molecule has 0 radical (unpaired) electrons. The molecule has 3 heteroatoms. The van der Waals surface area contributed by atoms with Crippen molar-refractivity contribution in [1.82, 2.24) is 10.2 Å². The van der Waals surface area contributed by atoms with Gasteiger partial charge in [0.25, 0.3) is 0 Å². The topological polar surface area (TPSA) is 54.7 Å². The van der Waals surface area contributed by atoms with E-state index in [2.05, 4.69) is 51.7 Å². The normalized spacial score (nSPS) is 13.3. The van der Waals surface area contributed by atoms with Crippen molar-refractivity contribution >= 4 is 5.82 Å². The molecular weight excluding hydrogens is 174 g/mol. The summed E-state index contributed by atoms with van der Waals surface area (Å²) in [4.78, 5) is 0. The molecule has 3 nitrogen and oxygen atoms in total. The second kappa shape index (κ2) is 3.01. The van der Waals surface area contributed by atoms with E-state index in [1.807, 2.05) is 0 Å². The first-order chi connectivity index (χ1) is 6.14. The molecule has 1 aromatic rings. The molecule has 0 saturated carbocycles. The number of H-pyrrole nitrogens is 1. The summed E-state index contributed by atoms with van der Waals surface area (Å²) in [7, 11) is 0. The Kier molecular flexibility index (Phi) is 2.38. The fourth-order valence-corrected chi connectivity index (χ4v) is 1.66. The van der Waals surface area contributed by atoms with Gasteiger partial charge in [0.1, 0.15) is 5.82 Å². The molecule has 0 aliphatic carbocycles. The number of aromatic amines is 1. The van der Waals surface area contributed by atoms with Gasteiger partial charge in [0.05, 0.1) is 0 Å². The van der Waals surface area contributed by atoms with Gasteiger partial charge in [0, 0.05) is 16.7 Å². The van der Waals surface area contributed by atoms with Crippen LogP contribution in [0.2, 0.25) is 0 Å². The molecule has 0 bridgehead atoms. The second-order valence-corrected chi connectivity index (χ2v) is 5.86. The minimum absolute atomic E-state index is 0.0414. The van der Waals surface area contributed by atoms with Crippen LogP contribution in [0.4, 0.5) is 5.82 Å². The smallest absolute Gasteiger partial charge is 0.149 e. The Balaban J connectivity index is 3.35. The zero-order valence-corrected chi connectivity index (χ0v) is 10.0. The summed E-state index contributed by atoms with van der Waals surface area (Å²) >= 11 is 0. The molecule has 0 spiro atoms. The SMILES string of the molecule is CC(C)(C)c1[nH]nc(N)c1C(C)(C)C. The fourth-order valence-electron chi connectivity index (χ4n) is 1.66. The highest BCUT2D eigenvalue weighted by Gasteiger charge is 2.29. The van der Waals surface area contributed by atoms with Gasteiger partial charge in [-0.2, -0.15) is 5.10 Å². The molecule has 1 heterocycles. The number of hydrogen-bond acceptors (Lipinski definition) is 2. The maximum absolute atomic E-state index is 5.88. The Hall–Kier alpha value is -0.990. The molecule has 14 heavy (non-hydrogen) atoms. The summed E-state index contributed by atoms with van der Waals surface area (Å²) < 4.78 is 0. The van der Waals surface area contributed by atoms with E-state index in [4.69, 9.17) is 5.73 Å². The Morgan fingerprint density at radius 3 is 1.79 bits per heavy atom. The highest BCUT2D eigenvalue weighted by molar-refractivity contribution is 5.48. The van der Waals surface area contributed by atoms with Gasteiger partial charge in [-0.05, 0) is 5.41 Å². The van der Waals surface area contributed by atoms with Crippen molar-refractivity contribution in [2.75, 3.05) is 5.73 Å².